The highest BCUT2D eigenvalue weighted by Gasteiger charge is 2.46. The fraction of sp³-hybridized carbons (Fsp3) is 0.550. The fourth-order valence-electron chi connectivity index (χ4n) is 3.78. The van der Waals surface area contributed by atoms with E-state index in [0.29, 0.717) is 13.1 Å². The van der Waals surface area contributed by atoms with Gasteiger partial charge in [0.15, 0.2) is 0 Å². The maximum Gasteiger partial charge on any atom is 0.573 e. The van der Waals surface area contributed by atoms with Gasteiger partial charge < -0.3 is 20.3 Å². The Kier molecular flexibility index (Phi) is 7.58. The quantitative estimate of drug-likeness (QED) is 0.482. The van der Waals surface area contributed by atoms with Crippen LogP contribution in [0.2, 0.25) is 0 Å². The number of benzene rings is 1. The normalized spacial score (nSPS) is 22.2. The molecule has 2 atom stereocenters. The van der Waals surface area contributed by atoms with Crippen LogP contribution in [0.25, 0.3) is 0 Å². The predicted octanol–water partition coefficient (Wildman–Crippen LogP) is 2.12. The standard InChI is InChI=1S/C20H22F6N4O4/c21-19(22,23)15-6-5-14(17(32)28-15)18(33)30-9-7-29(8-10-30)11-16(31)27-12-1-3-13(4-2-12)34-20(24,25)26/h1-4,14-15H,5-11H2,(H,27,31)(H,28,32)/t14-,15-/m1/s1. The van der Waals surface area contributed by atoms with E-state index in [2.05, 4.69) is 10.1 Å². The second-order valence-electron chi connectivity index (χ2n) is 7.95. The molecule has 188 valence electrons. The monoisotopic (exact) mass is 496 g/mol. The summed E-state index contributed by atoms with van der Waals surface area (Å²) in [6.45, 7) is 0.957. The molecule has 0 saturated carbocycles. The van der Waals surface area contributed by atoms with Crippen LogP contribution in [0.15, 0.2) is 24.3 Å². The van der Waals surface area contributed by atoms with Gasteiger partial charge in [-0.3, -0.25) is 19.3 Å². The highest BCUT2D eigenvalue weighted by molar-refractivity contribution is 6.01. The highest BCUT2D eigenvalue weighted by Crippen LogP contribution is 2.29. The van der Waals surface area contributed by atoms with Crippen molar-refractivity contribution in [1.82, 2.24) is 15.1 Å². The Labute approximate surface area is 190 Å². The van der Waals surface area contributed by atoms with Gasteiger partial charge in [0.1, 0.15) is 17.7 Å². The minimum absolute atomic E-state index is 0.0417. The second-order valence-corrected chi connectivity index (χ2v) is 7.95. The Morgan fingerprint density at radius 3 is 2.15 bits per heavy atom. The topological polar surface area (TPSA) is 91.0 Å². The van der Waals surface area contributed by atoms with Gasteiger partial charge in [0.2, 0.25) is 17.7 Å². The van der Waals surface area contributed by atoms with Crippen LogP contribution >= 0.6 is 0 Å². The summed E-state index contributed by atoms with van der Waals surface area (Å²) in [5, 5.41) is 4.40. The molecule has 3 rings (SSSR count). The van der Waals surface area contributed by atoms with Crippen molar-refractivity contribution in [3.63, 3.8) is 0 Å². The molecule has 2 fully saturated rings. The maximum absolute atomic E-state index is 12.8. The van der Waals surface area contributed by atoms with Crippen molar-refractivity contribution >= 4 is 23.4 Å². The number of amides is 3. The molecule has 0 spiro atoms. The summed E-state index contributed by atoms with van der Waals surface area (Å²) in [4.78, 5) is 40.0. The molecule has 3 amide bonds. The third-order valence-corrected chi connectivity index (χ3v) is 5.49. The number of carbonyl (C=O) groups excluding carboxylic acids is 3. The molecule has 0 aliphatic carbocycles. The van der Waals surface area contributed by atoms with Gasteiger partial charge in [-0.1, -0.05) is 0 Å². The molecular weight excluding hydrogens is 474 g/mol. The van der Waals surface area contributed by atoms with Gasteiger partial charge in [0.25, 0.3) is 0 Å². The Morgan fingerprint density at radius 2 is 1.62 bits per heavy atom. The third kappa shape index (κ3) is 6.98. The number of anilines is 1. The number of nitrogens with zero attached hydrogens (tertiary/aromatic N) is 2. The Balaban J connectivity index is 1.43. The Bertz CT molecular complexity index is 898. The first-order valence-electron chi connectivity index (χ1n) is 10.4. The molecule has 0 aromatic heterocycles. The number of ether oxygens (including phenoxy) is 1. The van der Waals surface area contributed by atoms with Gasteiger partial charge in [0.05, 0.1) is 6.54 Å². The van der Waals surface area contributed by atoms with Crippen molar-refractivity contribution in [1.29, 1.82) is 0 Å². The van der Waals surface area contributed by atoms with E-state index >= 15 is 0 Å². The van der Waals surface area contributed by atoms with E-state index in [1.165, 1.54) is 17.0 Å². The van der Waals surface area contributed by atoms with Crippen LogP contribution in [0.1, 0.15) is 12.8 Å². The van der Waals surface area contributed by atoms with Crippen molar-refractivity contribution in [3.8, 4) is 5.75 Å². The van der Waals surface area contributed by atoms with E-state index in [1.54, 1.807) is 4.90 Å². The summed E-state index contributed by atoms with van der Waals surface area (Å²) < 4.78 is 78.6. The molecule has 2 saturated heterocycles. The van der Waals surface area contributed by atoms with Gasteiger partial charge in [-0.15, -0.1) is 13.2 Å². The summed E-state index contributed by atoms with van der Waals surface area (Å²) >= 11 is 0. The molecule has 34 heavy (non-hydrogen) atoms. The van der Waals surface area contributed by atoms with Gasteiger partial charge in [-0.25, -0.2) is 0 Å². The molecule has 2 heterocycles. The summed E-state index contributed by atoms with van der Waals surface area (Å²) in [7, 11) is 0. The molecular formula is C20H22F6N4O4. The molecule has 0 unspecified atom stereocenters. The Morgan fingerprint density at radius 1 is 1.00 bits per heavy atom. The van der Waals surface area contributed by atoms with E-state index in [-0.39, 0.29) is 38.2 Å². The number of halogens is 6. The molecule has 1 aromatic rings. The van der Waals surface area contributed by atoms with Crippen LogP contribution in [0.3, 0.4) is 0 Å². The van der Waals surface area contributed by atoms with Crippen molar-refractivity contribution in [3.05, 3.63) is 24.3 Å². The van der Waals surface area contributed by atoms with Gasteiger partial charge >= 0.3 is 12.5 Å². The number of carbonyl (C=O) groups is 3. The van der Waals surface area contributed by atoms with Gasteiger partial charge in [0, 0.05) is 31.9 Å². The lowest BCUT2D eigenvalue weighted by Gasteiger charge is -2.37. The molecule has 8 nitrogen and oxygen atoms in total. The molecule has 14 heteroatoms. The first kappa shape index (κ1) is 25.6. The highest BCUT2D eigenvalue weighted by atomic mass is 19.4. The summed E-state index contributed by atoms with van der Waals surface area (Å²) in [5.74, 6) is -3.49. The van der Waals surface area contributed by atoms with Crippen molar-refractivity contribution < 1.29 is 45.5 Å². The number of piperazine rings is 1. The third-order valence-electron chi connectivity index (χ3n) is 5.49. The smallest absolute Gasteiger partial charge is 0.406 e. The van der Waals surface area contributed by atoms with Crippen LogP contribution in [0.4, 0.5) is 32.0 Å². The second kappa shape index (κ2) is 10.1. The van der Waals surface area contributed by atoms with E-state index in [4.69, 9.17) is 0 Å². The van der Waals surface area contributed by atoms with E-state index in [0.717, 1.165) is 12.1 Å². The summed E-state index contributed by atoms with van der Waals surface area (Å²) in [6.07, 6.45) is -9.94. The summed E-state index contributed by atoms with van der Waals surface area (Å²) in [5.41, 5.74) is 0.272. The van der Waals surface area contributed by atoms with E-state index in [9.17, 15) is 40.7 Å². The molecule has 2 aliphatic rings. The zero-order valence-corrected chi connectivity index (χ0v) is 17.7. The van der Waals surface area contributed by atoms with Crippen LogP contribution in [0.5, 0.6) is 5.75 Å². The summed E-state index contributed by atoms with van der Waals surface area (Å²) in [6, 6.07) is 2.69. The fourth-order valence-corrected chi connectivity index (χ4v) is 3.78. The number of rotatable bonds is 5. The molecule has 2 aliphatic heterocycles. The average molecular weight is 496 g/mol. The first-order valence-corrected chi connectivity index (χ1v) is 10.4. The van der Waals surface area contributed by atoms with Crippen LogP contribution in [0, 0.1) is 5.92 Å². The van der Waals surface area contributed by atoms with E-state index in [1.807, 2.05) is 5.32 Å². The zero-order chi connectivity index (χ0) is 25.1. The number of hydrogen-bond donors (Lipinski definition) is 2. The maximum atomic E-state index is 12.8. The first-order chi connectivity index (χ1) is 15.8. The van der Waals surface area contributed by atoms with Crippen LogP contribution in [-0.2, 0) is 14.4 Å². The van der Waals surface area contributed by atoms with Crippen molar-refractivity contribution in [2.75, 3.05) is 38.0 Å². The molecule has 1 aromatic carbocycles. The Hall–Kier alpha value is -3.03. The SMILES string of the molecule is O=C(CN1CCN(C(=O)[C@@H]2CC[C@H](C(F)(F)F)NC2=O)CC1)Nc1ccc(OC(F)(F)F)cc1. The van der Waals surface area contributed by atoms with Crippen LogP contribution < -0.4 is 15.4 Å². The zero-order valence-electron chi connectivity index (χ0n) is 17.7. The van der Waals surface area contributed by atoms with Crippen LogP contribution in [-0.4, -0.2) is 78.8 Å². The number of hydrogen-bond acceptors (Lipinski definition) is 5. The van der Waals surface area contributed by atoms with Crippen molar-refractivity contribution in [2.45, 2.75) is 31.4 Å². The van der Waals surface area contributed by atoms with Gasteiger partial charge in [-0.05, 0) is 37.1 Å². The molecule has 0 bridgehead atoms. The lowest BCUT2D eigenvalue weighted by molar-refractivity contribution is -0.274. The number of alkyl halides is 6. The number of nitrogens with one attached hydrogen (secondary N) is 2. The molecule has 0 radical (unpaired) electrons. The lowest BCUT2D eigenvalue weighted by Crippen LogP contribution is -2.57. The number of piperidine rings is 1. The molecule has 2 N–H and O–H groups in total. The largest absolute Gasteiger partial charge is 0.573 e. The minimum Gasteiger partial charge on any atom is -0.406 e. The van der Waals surface area contributed by atoms with Crippen molar-refractivity contribution in [2.24, 2.45) is 5.92 Å². The average Bonchev–Trinajstić information content (AvgIpc) is 2.73. The minimum atomic E-state index is -4.82. The predicted molar refractivity (Wildman–Crippen MR) is 105 cm³/mol. The van der Waals surface area contributed by atoms with Gasteiger partial charge in [-0.2, -0.15) is 13.2 Å². The van der Waals surface area contributed by atoms with E-state index < -0.39 is 48.0 Å². The lowest BCUT2D eigenvalue weighted by atomic mass is 9.92.